The third-order valence-electron chi connectivity index (χ3n) is 6.19. The molecule has 0 bridgehead atoms. The Hall–Kier alpha value is -2.82. The van der Waals surface area contributed by atoms with Crippen LogP contribution in [0.4, 0.5) is 0 Å². The van der Waals surface area contributed by atoms with Crippen molar-refractivity contribution in [1.82, 2.24) is 4.90 Å². The molecule has 4 nitrogen and oxygen atoms in total. The third-order valence-corrected chi connectivity index (χ3v) is 6.19. The predicted octanol–water partition coefficient (Wildman–Crippen LogP) is 5.54. The van der Waals surface area contributed by atoms with Gasteiger partial charge in [-0.05, 0) is 62.1 Å². The highest BCUT2D eigenvalue weighted by molar-refractivity contribution is 5.45. The molecule has 0 saturated carbocycles. The number of nitrogens with zero attached hydrogens (tertiary/aromatic N) is 1. The van der Waals surface area contributed by atoms with Crippen molar-refractivity contribution in [2.24, 2.45) is 0 Å². The summed E-state index contributed by atoms with van der Waals surface area (Å²) >= 11 is 0. The summed E-state index contributed by atoms with van der Waals surface area (Å²) in [7, 11) is 0. The summed E-state index contributed by atoms with van der Waals surface area (Å²) < 4.78 is 12.3. The SMILES string of the molecule is CC(C)N1CCCC(O)(c2ccc(OCc3ccccc3)c(OCc3ccccc3)c2)C1. The number of β-amino-alcohol motifs (C(OH)–C–C–N with tert-alkyl or cyclic N) is 1. The molecule has 1 atom stereocenters. The summed E-state index contributed by atoms with van der Waals surface area (Å²) in [5.41, 5.74) is 2.20. The van der Waals surface area contributed by atoms with Crippen LogP contribution in [0, 0.1) is 0 Å². The van der Waals surface area contributed by atoms with Crippen LogP contribution in [0.1, 0.15) is 43.4 Å². The van der Waals surface area contributed by atoms with Crippen LogP contribution in [0.25, 0.3) is 0 Å². The van der Waals surface area contributed by atoms with Crippen molar-refractivity contribution in [2.75, 3.05) is 13.1 Å². The standard InChI is InChI=1S/C28H33NO3/c1-22(2)29-17-9-16-28(30,21-29)25-14-15-26(31-19-23-10-5-3-6-11-23)27(18-25)32-20-24-12-7-4-8-13-24/h3-8,10-15,18,22,30H,9,16-17,19-21H2,1-2H3. The van der Waals surface area contributed by atoms with E-state index in [0.29, 0.717) is 37.3 Å². The second-order valence-electron chi connectivity index (χ2n) is 8.91. The molecule has 168 valence electrons. The molecule has 3 aromatic rings. The van der Waals surface area contributed by atoms with Crippen LogP contribution < -0.4 is 9.47 Å². The minimum absolute atomic E-state index is 0.407. The van der Waals surface area contributed by atoms with Crippen molar-refractivity contribution in [3.8, 4) is 11.5 Å². The zero-order valence-electron chi connectivity index (χ0n) is 19.0. The molecule has 0 spiro atoms. The third kappa shape index (κ3) is 5.50. The van der Waals surface area contributed by atoms with E-state index in [-0.39, 0.29) is 0 Å². The Kier molecular flexibility index (Phi) is 7.13. The van der Waals surface area contributed by atoms with Gasteiger partial charge in [-0.25, -0.2) is 0 Å². The van der Waals surface area contributed by atoms with Crippen molar-refractivity contribution in [1.29, 1.82) is 0 Å². The Morgan fingerprint density at radius 3 is 2.03 bits per heavy atom. The fraction of sp³-hybridized carbons (Fsp3) is 0.357. The Balaban J connectivity index is 1.58. The smallest absolute Gasteiger partial charge is 0.162 e. The highest BCUT2D eigenvalue weighted by Gasteiger charge is 2.36. The van der Waals surface area contributed by atoms with Crippen LogP contribution in [0.3, 0.4) is 0 Å². The molecule has 0 radical (unpaired) electrons. The van der Waals surface area contributed by atoms with E-state index in [2.05, 4.69) is 18.7 Å². The molecule has 4 rings (SSSR count). The quantitative estimate of drug-likeness (QED) is 0.509. The summed E-state index contributed by atoms with van der Waals surface area (Å²) in [5.74, 6) is 1.35. The van der Waals surface area contributed by atoms with E-state index in [0.717, 1.165) is 36.1 Å². The molecule has 4 heteroatoms. The normalized spacial score (nSPS) is 19.1. The lowest BCUT2D eigenvalue weighted by Gasteiger charge is -2.41. The van der Waals surface area contributed by atoms with E-state index in [4.69, 9.17) is 9.47 Å². The predicted molar refractivity (Wildman–Crippen MR) is 128 cm³/mol. The van der Waals surface area contributed by atoms with Crippen LogP contribution in [-0.4, -0.2) is 29.1 Å². The molecule has 0 aliphatic carbocycles. The minimum atomic E-state index is -0.884. The molecule has 3 aromatic carbocycles. The maximum atomic E-state index is 11.5. The Morgan fingerprint density at radius 2 is 1.44 bits per heavy atom. The van der Waals surface area contributed by atoms with E-state index >= 15 is 0 Å². The van der Waals surface area contributed by atoms with Crippen molar-refractivity contribution < 1.29 is 14.6 Å². The van der Waals surface area contributed by atoms with Crippen LogP contribution in [0.5, 0.6) is 11.5 Å². The van der Waals surface area contributed by atoms with Crippen molar-refractivity contribution in [2.45, 2.75) is 51.5 Å². The number of hydrogen-bond acceptors (Lipinski definition) is 4. The van der Waals surface area contributed by atoms with E-state index in [1.54, 1.807) is 0 Å². The van der Waals surface area contributed by atoms with Gasteiger partial charge in [-0.1, -0.05) is 66.7 Å². The monoisotopic (exact) mass is 431 g/mol. The largest absolute Gasteiger partial charge is 0.485 e. The van der Waals surface area contributed by atoms with Gasteiger partial charge in [-0.3, -0.25) is 4.90 Å². The van der Waals surface area contributed by atoms with E-state index in [1.807, 2.05) is 78.9 Å². The fourth-order valence-corrected chi connectivity index (χ4v) is 4.25. The summed E-state index contributed by atoms with van der Waals surface area (Å²) in [6.45, 7) is 6.93. The zero-order chi connectivity index (χ0) is 22.4. The highest BCUT2D eigenvalue weighted by Crippen LogP contribution is 2.38. The van der Waals surface area contributed by atoms with E-state index in [1.165, 1.54) is 0 Å². The lowest BCUT2D eigenvalue weighted by Crippen LogP contribution is -2.48. The second kappa shape index (κ2) is 10.2. The topological polar surface area (TPSA) is 41.9 Å². The number of hydrogen-bond donors (Lipinski definition) is 1. The van der Waals surface area contributed by atoms with Gasteiger partial charge in [0, 0.05) is 12.6 Å². The minimum Gasteiger partial charge on any atom is -0.485 e. The maximum absolute atomic E-state index is 11.5. The summed E-state index contributed by atoms with van der Waals surface area (Å²) in [5, 5.41) is 11.5. The number of piperidine rings is 1. The lowest BCUT2D eigenvalue weighted by atomic mass is 9.85. The second-order valence-corrected chi connectivity index (χ2v) is 8.91. The van der Waals surface area contributed by atoms with Gasteiger partial charge in [0.1, 0.15) is 18.8 Å². The molecular weight excluding hydrogens is 398 g/mol. The first-order valence-electron chi connectivity index (χ1n) is 11.5. The maximum Gasteiger partial charge on any atom is 0.162 e. The van der Waals surface area contributed by atoms with Crippen LogP contribution in [0.15, 0.2) is 78.9 Å². The van der Waals surface area contributed by atoms with Gasteiger partial charge in [0.25, 0.3) is 0 Å². The van der Waals surface area contributed by atoms with Crippen molar-refractivity contribution >= 4 is 0 Å². The number of benzene rings is 3. The number of aliphatic hydroxyl groups is 1. The zero-order valence-corrected chi connectivity index (χ0v) is 19.0. The molecular formula is C28H33NO3. The summed E-state index contributed by atoms with van der Waals surface area (Å²) in [4.78, 5) is 2.34. The van der Waals surface area contributed by atoms with Crippen LogP contribution in [0.2, 0.25) is 0 Å². The van der Waals surface area contributed by atoms with Gasteiger partial charge in [-0.15, -0.1) is 0 Å². The van der Waals surface area contributed by atoms with Gasteiger partial charge >= 0.3 is 0 Å². The molecule has 1 heterocycles. The molecule has 0 aromatic heterocycles. The van der Waals surface area contributed by atoms with Gasteiger partial charge in [0.2, 0.25) is 0 Å². The molecule has 1 unspecified atom stereocenters. The number of likely N-dealkylation sites (tertiary alicyclic amines) is 1. The lowest BCUT2D eigenvalue weighted by molar-refractivity contribution is -0.0447. The number of ether oxygens (including phenoxy) is 2. The van der Waals surface area contributed by atoms with Crippen LogP contribution in [-0.2, 0) is 18.8 Å². The average molecular weight is 432 g/mol. The van der Waals surface area contributed by atoms with Crippen molar-refractivity contribution in [3.05, 3.63) is 95.6 Å². The fourth-order valence-electron chi connectivity index (χ4n) is 4.25. The first-order valence-corrected chi connectivity index (χ1v) is 11.5. The summed E-state index contributed by atoms with van der Waals surface area (Å²) in [6.07, 6.45) is 1.72. The first kappa shape index (κ1) is 22.4. The first-order chi connectivity index (χ1) is 15.5. The molecule has 1 fully saturated rings. The van der Waals surface area contributed by atoms with Gasteiger partial charge in [0.15, 0.2) is 11.5 Å². The molecule has 1 aliphatic heterocycles. The molecule has 32 heavy (non-hydrogen) atoms. The van der Waals surface area contributed by atoms with Gasteiger partial charge in [0.05, 0.1) is 0 Å². The van der Waals surface area contributed by atoms with Crippen molar-refractivity contribution in [3.63, 3.8) is 0 Å². The van der Waals surface area contributed by atoms with Gasteiger partial charge in [-0.2, -0.15) is 0 Å². The molecule has 1 N–H and O–H groups in total. The Bertz CT molecular complexity index is 990. The summed E-state index contributed by atoms with van der Waals surface area (Å²) in [6, 6.07) is 26.5. The van der Waals surface area contributed by atoms with Crippen LogP contribution >= 0.6 is 0 Å². The average Bonchev–Trinajstić information content (AvgIpc) is 2.83. The number of rotatable bonds is 8. The van der Waals surface area contributed by atoms with E-state index in [9.17, 15) is 5.11 Å². The Labute approximate surface area is 191 Å². The van der Waals surface area contributed by atoms with Gasteiger partial charge < -0.3 is 14.6 Å². The highest BCUT2D eigenvalue weighted by atomic mass is 16.5. The molecule has 0 amide bonds. The molecule has 1 saturated heterocycles. The Morgan fingerprint density at radius 1 is 0.844 bits per heavy atom. The van der Waals surface area contributed by atoms with E-state index < -0.39 is 5.60 Å². The molecule has 1 aliphatic rings.